The third kappa shape index (κ3) is 5.12. The number of hydrogen-bond donors (Lipinski definition) is 3. The molecular weight excluding hydrogens is 270 g/mol. The molecule has 0 bridgehead atoms. The van der Waals surface area contributed by atoms with Crippen LogP contribution in [0.2, 0.25) is 0 Å². The molecule has 1 aliphatic rings. The van der Waals surface area contributed by atoms with Crippen LogP contribution in [-0.2, 0) is 14.4 Å². The summed E-state index contributed by atoms with van der Waals surface area (Å²) in [4.78, 5) is 35.3. The first kappa shape index (κ1) is 17.6. The van der Waals surface area contributed by atoms with Crippen LogP contribution in [0.3, 0.4) is 0 Å². The van der Waals surface area contributed by atoms with Gasteiger partial charge >= 0.3 is 0 Å². The van der Waals surface area contributed by atoms with Crippen molar-refractivity contribution in [1.29, 1.82) is 0 Å². The van der Waals surface area contributed by atoms with E-state index in [-0.39, 0.29) is 17.6 Å². The third-order valence-electron chi connectivity index (χ3n) is 4.26. The monoisotopic (exact) mass is 297 g/mol. The molecule has 6 heteroatoms. The number of nitrogens with two attached hydrogens (primary N) is 2. The minimum absolute atomic E-state index is 0.0611. The maximum atomic E-state index is 12.5. The molecule has 0 heterocycles. The molecule has 120 valence electrons. The molecule has 0 aliphatic heterocycles. The molecule has 2 amide bonds. The van der Waals surface area contributed by atoms with Gasteiger partial charge < -0.3 is 21.6 Å². The minimum Gasteiger partial charge on any atom is -0.368 e. The Balaban J connectivity index is 2.69. The van der Waals surface area contributed by atoms with Crippen LogP contribution in [0, 0.1) is 5.92 Å². The van der Waals surface area contributed by atoms with E-state index < -0.39 is 11.4 Å². The minimum atomic E-state index is -0.895. The molecule has 1 rings (SSSR count). The topological polar surface area (TPSA) is 115 Å². The SMILES string of the molecule is CC(=O)CC[C@@H](CCCN)C(=O)NC1(C(N)=O)CCCC1. The zero-order chi connectivity index (χ0) is 15.9. The molecular formula is C15H27N3O3. The van der Waals surface area contributed by atoms with E-state index in [1.54, 1.807) is 0 Å². The Morgan fingerprint density at radius 2 is 1.81 bits per heavy atom. The van der Waals surface area contributed by atoms with Gasteiger partial charge in [0.1, 0.15) is 11.3 Å². The number of carbonyl (C=O) groups is 3. The largest absolute Gasteiger partial charge is 0.368 e. The van der Waals surface area contributed by atoms with Gasteiger partial charge in [-0.25, -0.2) is 0 Å². The Hall–Kier alpha value is -1.43. The fourth-order valence-electron chi connectivity index (χ4n) is 2.90. The van der Waals surface area contributed by atoms with Gasteiger partial charge in [-0.15, -0.1) is 0 Å². The molecule has 0 aromatic carbocycles. The lowest BCUT2D eigenvalue weighted by Crippen LogP contribution is -2.57. The van der Waals surface area contributed by atoms with Crippen LogP contribution in [0.4, 0.5) is 0 Å². The van der Waals surface area contributed by atoms with Crippen molar-refractivity contribution in [3.63, 3.8) is 0 Å². The van der Waals surface area contributed by atoms with E-state index in [2.05, 4.69) is 5.32 Å². The Bertz CT molecular complexity index is 390. The molecule has 1 aliphatic carbocycles. The lowest BCUT2D eigenvalue weighted by atomic mass is 9.91. The lowest BCUT2D eigenvalue weighted by molar-refractivity contribution is -0.134. The highest BCUT2D eigenvalue weighted by atomic mass is 16.2. The van der Waals surface area contributed by atoms with Crippen molar-refractivity contribution in [2.45, 2.75) is 63.8 Å². The molecule has 6 nitrogen and oxygen atoms in total. The van der Waals surface area contributed by atoms with Crippen molar-refractivity contribution < 1.29 is 14.4 Å². The van der Waals surface area contributed by atoms with Gasteiger partial charge in [0.2, 0.25) is 11.8 Å². The lowest BCUT2D eigenvalue weighted by Gasteiger charge is -2.29. The van der Waals surface area contributed by atoms with E-state index in [1.807, 2.05) is 0 Å². The second-order valence-corrected chi connectivity index (χ2v) is 6.01. The van der Waals surface area contributed by atoms with Crippen LogP contribution in [0.1, 0.15) is 58.3 Å². The summed E-state index contributed by atoms with van der Waals surface area (Å²) in [7, 11) is 0. The summed E-state index contributed by atoms with van der Waals surface area (Å²) in [6, 6.07) is 0. The van der Waals surface area contributed by atoms with Crippen molar-refractivity contribution in [1.82, 2.24) is 5.32 Å². The standard InChI is InChI=1S/C15H27N3O3/c1-11(19)6-7-12(5-4-10-16)13(20)18-15(14(17)21)8-2-3-9-15/h12H,2-10,16H2,1H3,(H2,17,21)(H,18,20)/t12-/m1/s1. The molecule has 1 fully saturated rings. The first-order valence-electron chi connectivity index (χ1n) is 7.73. The van der Waals surface area contributed by atoms with Crippen LogP contribution >= 0.6 is 0 Å². The highest BCUT2D eigenvalue weighted by Crippen LogP contribution is 2.30. The second kappa shape index (κ2) is 8.12. The van der Waals surface area contributed by atoms with Gasteiger partial charge in [-0.1, -0.05) is 12.8 Å². The number of hydrogen-bond acceptors (Lipinski definition) is 4. The van der Waals surface area contributed by atoms with Gasteiger partial charge in [0.25, 0.3) is 0 Å². The van der Waals surface area contributed by atoms with Crippen LogP contribution in [-0.4, -0.2) is 29.7 Å². The predicted octanol–water partition coefficient (Wildman–Crippen LogP) is 0.625. The predicted molar refractivity (Wildman–Crippen MR) is 80.2 cm³/mol. The summed E-state index contributed by atoms with van der Waals surface area (Å²) in [5.41, 5.74) is 10.1. The Kier molecular flexibility index (Phi) is 6.81. The maximum Gasteiger partial charge on any atom is 0.243 e. The number of nitrogens with one attached hydrogen (secondary N) is 1. The summed E-state index contributed by atoms with van der Waals surface area (Å²) in [6.45, 7) is 2.02. The van der Waals surface area contributed by atoms with Gasteiger partial charge in [0.05, 0.1) is 0 Å². The summed E-state index contributed by atoms with van der Waals surface area (Å²) >= 11 is 0. The van der Waals surface area contributed by atoms with E-state index in [0.717, 1.165) is 19.3 Å². The fourth-order valence-corrected chi connectivity index (χ4v) is 2.90. The van der Waals surface area contributed by atoms with Gasteiger partial charge in [0, 0.05) is 12.3 Å². The average molecular weight is 297 g/mol. The molecule has 5 N–H and O–H groups in total. The van der Waals surface area contributed by atoms with E-state index in [9.17, 15) is 14.4 Å². The summed E-state index contributed by atoms with van der Waals surface area (Å²) in [5.74, 6) is -0.858. The Labute approximate surface area is 126 Å². The van der Waals surface area contributed by atoms with Crippen LogP contribution in [0.25, 0.3) is 0 Å². The van der Waals surface area contributed by atoms with E-state index in [1.165, 1.54) is 6.92 Å². The van der Waals surface area contributed by atoms with Crippen LogP contribution in [0.15, 0.2) is 0 Å². The zero-order valence-corrected chi connectivity index (χ0v) is 12.8. The number of carbonyl (C=O) groups excluding carboxylic acids is 3. The van der Waals surface area contributed by atoms with E-state index in [4.69, 9.17) is 11.5 Å². The molecule has 1 saturated carbocycles. The number of Topliss-reactive ketones (excluding diaryl/α,β-unsaturated/α-hetero) is 1. The number of amides is 2. The third-order valence-corrected chi connectivity index (χ3v) is 4.26. The second-order valence-electron chi connectivity index (χ2n) is 6.01. The Morgan fingerprint density at radius 3 is 2.29 bits per heavy atom. The molecule has 1 atom stereocenters. The average Bonchev–Trinajstić information content (AvgIpc) is 2.88. The van der Waals surface area contributed by atoms with Crippen molar-refractivity contribution >= 4 is 17.6 Å². The Morgan fingerprint density at radius 1 is 1.19 bits per heavy atom. The molecule has 0 aromatic rings. The van der Waals surface area contributed by atoms with Gasteiger partial charge in [-0.2, -0.15) is 0 Å². The first-order chi connectivity index (χ1) is 9.91. The van der Waals surface area contributed by atoms with Gasteiger partial charge in [-0.05, 0) is 45.6 Å². The van der Waals surface area contributed by atoms with E-state index in [0.29, 0.717) is 38.6 Å². The van der Waals surface area contributed by atoms with E-state index >= 15 is 0 Å². The first-order valence-corrected chi connectivity index (χ1v) is 7.73. The zero-order valence-electron chi connectivity index (χ0n) is 12.8. The number of rotatable bonds is 9. The van der Waals surface area contributed by atoms with Crippen molar-refractivity contribution in [2.24, 2.45) is 17.4 Å². The smallest absolute Gasteiger partial charge is 0.243 e. The summed E-state index contributed by atoms with van der Waals surface area (Å²) < 4.78 is 0. The molecule has 0 unspecified atom stereocenters. The highest BCUT2D eigenvalue weighted by Gasteiger charge is 2.41. The quantitative estimate of drug-likeness (QED) is 0.578. The number of ketones is 1. The molecule has 0 saturated heterocycles. The normalized spacial score (nSPS) is 18.2. The fraction of sp³-hybridized carbons (Fsp3) is 0.800. The van der Waals surface area contributed by atoms with Gasteiger partial charge in [-0.3, -0.25) is 9.59 Å². The molecule has 21 heavy (non-hydrogen) atoms. The number of primary amides is 1. The van der Waals surface area contributed by atoms with Crippen LogP contribution in [0.5, 0.6) is 0 Å². The van der Waals surface area contributed by atoms with Crippen molar-refractivity contribution in [3.05, 3.63) is 0 Å². The van der Waals surface area contributed by atoms with Crippen LogP contribution < -0.4 is 16.8 Å². The van der Waals surface area contributed by atoms with Crippen molar-refractivity contribution in [2.75, 3.05) is 6.54 Å². The van der Waals surface area contributed by atoms with Gasteiger partial charge in [0.15, 0.2) is 0 Å². The summed E-state index contributed by atoms with van der Waals surface area (Å²) in [6.07, 6.45) is 5.20. The molecule has 0 spiro atoms. The molecule has 0 radical (unpaired) electrons. The van der Waals surface area contributed by atoms with Crippen molar-refractivity contribution in [3.8, 4) is 0 Å². The molecule has 0 aromatic heterocycles. The summed E-state index contributed by atoms with van der Waals surface area (Å²) in [5, 5.41) is 2.86. The maximum absolute atomic E-state index is 12.5. The highest BCUT2D eigenvalue weighted by molar-refractivity contribution is 5.91.